The van der Waals surface area contributed by atoms with Gasteiger partial charge in [0.15, 0.2) is 4.34 Å². The van der Waals surface area contributed by atoms with Crippen LogP contribution in [0.15, 0.2) is 27.7 Å². The molecule has 0 spiro atoms. The fourth-order valence-corrected chi connectivity index (χ4v) is 4.40. The van der Waals surface area contributed by atoms with Crippen LogP contribution in [0.25, 0.3) is 5.69 Å². The molecule has 0 bridgehead atoms. The molecule has 136 valence electrons. The maximum absolute atomic E-state index is 12.1. The zero-order valence-electron chi connectivity index (χ0n) is 13.8. The Balaban J connectivity index is 1.62. The predicted octanol–water partition coefficient (Wildman–Crippen LogP) is 3.32. The quantitative estimate of drug-likeness (QED) is 0.453. The number of rotatable bonds is 7. The number of nitrogens with one attached hydrogen (secondary N) is 1. The van der Waals surface area contributed by atoms with Gasteiger partial charge in [-0.05, 0) is 40.8 Å². The molecule has 0 aliphatic carbocycles. The molecular weight excluding hydrogens is 414 g/mol. The molecule has 0 saturated carbocycles. The molecule has 1 aromatic carbocycles. The average molecular weight is 428 g/mol. The summed E-state index contributed by atoms with van der Waals surface area (Å²) in [4.78, 5) is 12.1. The standard InChI is InChI=1S/C14H14ClN7OS3/c1-3-24-14-19-17-12(26-14)16-11(23)7-25-13-18-20-21-22(13)9-5-4-8(2)10(15)6-9/h4-6H,3,7H2,1-2H3,(H,16,17,23). The third-order valence-electron chi connectivity index (χ3n) is 3.09. The Labute approximate surface area is 167 Å². The van der Waals surface area contributed by atoms with Gasteiger partial charge in [0.25, 0.3) is 0 Å². The molecule has 0 aliphatic rings. The number of carbonyl (C=O) groups excluding carboxylic acids is 1. The van der Waals surface area contributed by atoms with Gasteiger partial charge in [0.1, 0.15) is 0 Å². The van der Waals surface area contributed by atoms with E-state index in [1.165, 1.54) is 23.1 Å². The lowest BCUT2D eigenvalue weighted by molar-refractivity contribution is -0.113. The number of amides is 1. The normalized spacial score (nSPS) is 10.9. The molecule has 0 saturated heterocycles. The molecule has 1 amide bonds. The van der Waals surface area contributed by atoms with Crippen LogP contribution in [0.1, 0.15) is 12.5 Å². The first kappa shape index (κ1) is 19.1. The zero-order valence-corrected chi connectivity index (χ0v) is 17.0. The number of tetrazole rings is 1. The Bertz CT molecular complexity index is 914. The van der Waals surface area contributed by atoms with E-state index in [1.807, 2.05) is 26.0 Å². The number of halogens is 1. The van der Waals surface area contributed by atoms with E-state index in [-0.39, 0.29) is 11.7 Å². The number of carbonyl (C=O) groups is 1. The topological polar surface area (TPSA) is 98.5 Å². The Morgan fingerprint density at radius 2 is 2.15 bits per heavy atom. The van der Waals surface area contributed by atoms with E-state index in [2.05, 4.69) is 31.0 Å². The van der Waals surface area contributed by atoms with Crippen LogP contribution in [0.3, 0.4) is 0 Å². The largest absolute Gasteiger partial charge is 0.300 e. The number of benzene rings is 1. The molecule has 8 nitrogen and oxygen atoms in total. The summed E-state index contributed by atoms with van der Waals surface area (Å²) in [7, 11) is 0. The lowest BCUT2D eigenvalue weighted by Gasteiger charge is -2.06. The Morgan fingerprint density at radius 1 is 1.31 bits per heavy atom. The van der Waals surface area contributed by atoms with Gasteiger partial charge in [-0.1, -0.05) is 59.5 Å². The summed E-state index contributed by atoms with van der Waals surface area (Å²) < 4.78 is 2.38. The van der Waals surface area contributed by atoms with E-state index in [9.17, 15) is 4.79 Å². The third-order valence-corrected chi connectivity index (χ3v) is 6.27. The summed E-state index contributed by atoms with van der Waals surface area (Å²) in [5.41, 5.74) is 1.70. The van der Waals surface area contributed by atoms with Gasteiger partial charge in [0, 0.05) is 5.02 Å². The highest BCUT2D eigenvalue weighted by Crippen LogP contribution is 2.26. The van der Waals surface area contributed by atoms with Crippen LogP contribution >= 0.6 is 46.5 Å². The number of thioether (sulfide) groups is 2. The van der Waals surface area contributed by atoms with Crippen LogP contribution in [0.2, 0.25) is 5.02 Å². The molecule has 12 heteroatoms. The number of aryl methyl sites for hydroxylation is 1. The number of anilines is 1. The maximum atomic E-state index is 12.1. The average Bonchev–Trinajstić information content (AvgIpc) is 3.25. The van der Waals surface area contributed by atoms with Gasteiger partial charge in [-0.3, -0.25) is 10.1 Å². The van der Waals surface area contributed by atoms with Gasteiger partial charge in [0.05, 0.1) is 11.4 Å². The Kier molecular flexibility index (Phi) is 6.46. The fraction of sp³-hybridized carbons (Fsp3) is 0.286. The number of hydrogen-bond donors (Lipinski definition) is 1. The van der Waals surface area contributed by atoms with Gasteiger partial charge in [0.2, 0.25) is 16.2 Å². The summed E-state index contributed by atoms with van der Waals surface area (Å²) >= 11 is 10.3. The van der Waals surface area contributed by atoms with Crippen molar-refractivity contribution >= 4 is 57.5 Å². The van der Waals surface area contributed by atoms with Crippen molar-refractivity contribution in [2.24, 2.45) is 0 Å². The van der Waals surface area contributed by atoms with E-state index in [0.717, 1.165) is 21.3 Å². The lowest BCUT2D eigenvalue weighted by atomic mass is 10.2. The Hall–Kier alpha value is -1.69. The molecule has 1 N–H and O–H groups in total. The molecule has 0 atom stereocenters. The second kappa shape index (κ2) is 8.80. The molecule has 3 rings (SSSR count). The minimum absolute atomic E-state index is 0.149. The van der Waals surface area contributed by atoms with Crippen LogP contribution in [0.4, 0.5) is 5.13 Å². The fourth-order valence-electron chi connectivity index (χ4n) is 1.87. The van der Waals surface area contributed by atoms with Crippen molar-refractivity contribution in [3.8, 4) is 5.69 Å². The van der Waals surface area contributed by atoms with Crippen molar-refractivity contribution in [2.45, 2.75) is 23.3 Å². The van der Waals surface area contributed by atoms with Crippen molar-refractivity contribution in [2.75, 3.05) is 16.8 Å². The predicted molar refractivity (Wildman–Crippen MR) is 105 cm³/mol. The van der Waals surface area contributed by atoms with Crippen LogP contribution in [-0.2, 0) is 4.79 Å². The maximum Gasteiger partial charge on any atom is 0.236 e. The highest BCUT2D eigenvalue weighted by Gasteiger charge is 2.14. The van der Waals surface area contributed by atoms with E-state index >= 15 is 0 Å². The number of aromatic nitrogens is 6. The second-order valence-electron chi connectivity index (χ2n) is 4.95. The molecule has 0 fully saturated rings. The van der Waals surface area contributed by atoms with Gasteiger partial charge < -0.3 is 0 Å². The number of nitrogens with zero attached hydrogens (tertiary/aromatic N) is 6. The van der Waals surface area contributed by atoms with Gasteiger partial charge in [-0.25, -0.2) is 0 Å². The van der Waals surface area contributed by atoms with E-state index < -0.39 is 0 Å². The second-order valence-corrected chi connectivity index (χ2v) is 8.79. The molecule has 2 heterocycles. The Morgan fingerprint density at radius 3 is 2.92 bits per heavy atom. The van der Waals surface area contributed by atoms with Crippen molar-refractivity contribution in [3.63, 3.8) is 0 Å². The van der Waals surface area contributed by atoms with Crippen LogP contribution in [0, 0.1) is 6.92 Å². The van der Waals surface area contributed by atoms with Gasteiger partial charge >= 0.3 is 0 Å². The summed E-state index contributed by atoms with van der Waals surface area (Å²) in [5.74, 6) is 0.857. The minimum Gasteiger partial charge on any atom is -0.300 e. The van der Waals surface area contributed by atoms with Crippen molar-refractivity contribution in [1.29, 1.82) is 0 Å². The first-order valence-corrected chi connectivity index (χ1v) is 10.7. The highest BCUT2D eigenvalue weighted by molar-refractivity contribution is 8.01. The highest BCUT2D eigenvalue weighted by atomic mass is 35.5. The van der Waals surface area contributed by atoms with Gasteiger partial charge in [-0.15, -0.1) is 15.3 Å². The lowest BCUT2D eigenvalue weighted by Crippen LogP contribution is -2.14. The first-order valence-electron chi connectivity index (χ1n) is 7.50. The smallest absolute Gasteiger partial charge is 0.236 e. The van der Waals surface area contributed by atoms with Crippen LogP contribution in [-0.4, -0.2) is 47.8 Å². The number of hydrogen-bond acceptors (Lipinski definition) is 9. The van der Waals surface area contributed by atoms with Crippen LogP contribution < -0.4 is 5.32 Å². The third kappa shape index (κ3) is 4.72. The molecule has 0 unspecified atom stereocenters. The van der Waals surface area contributed by atoms with E-state index in [1.54, 1.807) is 22.5 Å². The molecule has 0 aliphatic heterocycles. The summed E-state index contributed by atoms with van der Waals surface area (Å²) in [6.07, 6.45) is 0. The van der Waals surface area contributed by atoms with E-state index in [0.29, 0.717) is 15.3 Å². The van der Waals surface area contributed by atoms with Crippen molar-refractivity contribution < 1.29 is 4.79 Å². The van der Waals surface area contributed by atoms with Crippen LogP contribution in [0.5, 0.6) is 0 Å². The van der Waals surface area contributed by atoms with Crippen molar-refractivity contribution in [1.82, 2.24) is 30.4 Å². The monoisotopic (exact) mass is 427 g/mol. The molecule has 0 radical (unpaired) electrons. The molecule has 3 aromatic rings. The molecule has 2 aromatic heterocycles. The minimum atomic E-state index is -0.198. The first-order chi connectivity index (χ1) is 12.6. The zero-order chi connectivity index (χ0) is 18.5. The van der Waals surface area contributed by atoms with E-state index in [4.69, 9.17) is 11.6 Å². The van der Waals surface area contributed by atoms with Gasteiger partial charge in [-0.2, -0.15) is 4.68 Å². The SMILES string of the molecule is CCSc1nnc(NC(=O)CSc2nnnn2-c2ccc(C)c(Cl)c2)s1. The van der Waals surface area contributed by atoms with Crippen molar-refractivity contribution in [3.05, 3.63) is 28.8 Å². The molecule has 26 heavy (non-hydrogen) atoms. The molecular formula is C14H14ClN7OS3. The summed E-state index contributed by atoms with van der Waals surface area (Å²) in [5, 5.41) is 23.9. The summed E-state index contributed by atoms with van der Waals surface area (Å²) in [6, 6.07) is 5.54. The summed E-state index contributed by atoms with van der Waals surface area (Å²) in [6.45, 7) is 3.95.